The fourth-order valence-electron chi connectivity index (χ4n) is 4.17. The standard InChI is InChI=1S/C26H26N4O4/c1-15-19(17-7-10-23-24(13-17)34-12-11-33-23)5-4-6-21(15)28-25-20-9-8-18(27-16(2)26(31)32)14-22(20)30(3)29-25/h4-10,13-14,16,27H,11-12H2,1-3H3,(H,28,29)(H,31,32)/t16-/m0/s1. The van der Waals surface area contributed by atoms with Crippen molar-refractivity contribution in [3.8, 4) is 22.6 Å². The Morgan fingerprint density at radius 3 is 2.68 bits per heavy atom. The van der Waals surface area contributed by atoms with Gasteiger partial charge in [-0.1, -0.05) is 18.2 Å². The monoisotopic (exact) mass is 458 g/mol. The molecule has 4 aromatic rings. The van der Waals surface area contributed by atoms with Crippen LogP contribution in [0.4, 0.5) is 17.2 Å². The third-order valence-electron chi connectivity index (χ3n) is 6.05. The number of nitrogens with zero attached hydrogens (tertiary/aromatic N) is 2. The molecule has 2 heterocycles. The third kappa shape index (κ3) is 3.98. The number of aromatic nitrogens is 2. The molecule has 0 radical (unpaired) electrons. The molecule has 1 aliphatic rings. The molecule has 1 aromatic heterocycles. The van der Waals surface area contributed by atoms with Crippen molar-refractivity contribution in [3.05, 3.63) is 60.2 Å². The quantitative estimate of drug-likeness (QED) is 0.376. The number of hydrogen-bond donors (Lipinski definition) is 3. The summed E-state index contributed by atoms with van der Waals surface area (Å²) < 4.78 is 13.2. The second-order valence-corrected chi connectivity index (χ2v) is 8.37. The Hall–Kier alpha value is -4.20. The van der Waals surface area contributed by atoms with E-state index in [4.69, 9.17) is 14.6 Å². The van der Waals surface area contributed by atoms with Crippen molar-refractivity contribution in [1.82, 2.24) is 9.78 Å². The highest BCUT2D eigenvalue weighted by Gasteiger charge is 2.16. The van der Waals surface area contributed by atoms with Gasteiger partial charge < -0.3 is 25.2 Å². The fourth-order valence-corrected chi connectivity index (χ4v) is 4.17. The Balaban J connectivity index is 1.46. The molecule has 5 rings (SSSR count). The molecular weight excluding hydrogens is 432 g/mol. The summed E-state index contributed by atoms with van der Waals surface area (Å²) in [7, 11) is 1.87. The van der Waals surface area contributed by atoms with Crippen LogP contribution >= 0.6 is 0 Å². The van der Waals surface area contributed by atoms with Crippen LogP contribution in [0, 0.1) is 6.92 Å². The average Bonchev–Trinajstić information content (AvgIpc) is 3.14. The van der Waals surface area contributed by atoms with E-state index in [0.29, 0.717) is 13.2 Å². The lowest BCUT2D eigenvalue weighted by atomic mass is 9.98. The summed E-state index contributed by atoms with van der Waals surface area (Å²) in [6.45, 7) is 4.81. The predicted molar refractivity (Wildman–Crippen MR) is 132 cm³/mol. The molecule has 34 heavy (non-hydrogen) atoms. The molecule has 0 saturated carbocycles. The molecule has 0 amide bonds. The largest absolute Gasteiger partial charge is 0.486 e. The Bertz CT molecular complexity index is 1400. The SMILES string of the molecule is Cc1c(Nc2nn(C)c3cc(N[C@@H](C)C(=O)O)ccc23)cccc1-c1ccc2c(c1)OCCO2. The van der Waals surface area contributed by atoms with Gasteiger partial charge in [-0.3, -0.25) is 9.48 Å². The van der Waals surface area contributed by atoms with Crippen molar-refractivity contribution in [1.29, 1.82) is 0 Å². The van der Waals surface area contributed by atoms with Gasteiger partial charge in [0.05, 0.1) is 5.52 Å². The number of carbonyl (C=O) groups is 1. The molecule has 0 bridgehead atoms. The first-order chi connectivity index (χ1) is 16.4. The maximum absolute atomic E-state index is 11.2. The predicted octanol–water partition coefficient (Wildman–Crippen LogP) is 4.95. The average molecular weight is 459 g/mol. The van der Waals surface area contributed by atoms with E-state index in [0.717, 1.165) is 56.3 Å². The van der Waals surface area contributed by atoms with Crippen molar-refractivity contribution in [2.75, 3.05) is 23.8 Å². The van der Waals surface area contributed by atoms with Crippen LogP contribution in [0.3, 0.4) is 0 Å². The molecule has 0 unspecified atom stereocenters. The number of carboxylic acid groups (broad SMARTS) is 1. The summed E-state index contributed by atoms with van der Waals surface area (Å²) in [6, 6.07) is 17.2. The topological polar surface area (TPSA) is 97.6 Å². The molecule has 0 aliphatic carbocycles. The molecule has 1 atom stereocenters. The zero-order valence-corrected chi connectivity index (χ0v) is 19.3. The minimum Gasteiger partial charge on any atom is -0.486 e. The van der Waals surface area contributed by atoms with Gasteiger partial charge in [0.25, 0.3) is 0 Å². The first-order valence-corrected chi connectivity index (χ1v) is 11.1. The first-order valence-electron chi connectivity index (χ1n) is 11.1. The van der Waals surface area contributed by atoms with Gasteiger partial charge in [-0.15, -0.1) is 0 Å². The summed E-state index contributed by atoms with van der Waals surface area (Å²) in [5, 5.41) is 21.3. The van der Waals surface area contributed by atoms with Gasteiger partial charge in [0.2, 0.25) is 0 Å². The van der Waals surface area contributed by atoms with Gasteiger partial charge in [0, 0.05) is 23.8 Å². The maximum Gasteiger partial charge on any atom is 0.325 e. The molecule has 0 fully saturated rings. The van der Waals surface area contributed by atoms with E-state index in [2.05, 4.69) is 28.7 Å². The van der Waals surface area contributed by atoms with Crippen LogP contribution < -0.4 is 20.1 Å². The molecule has 3 N–H and O–H groups in total. The molecule has 0 saturated heterocycles. The van der Waals surface area contributed by atoms with Crippen LogP contribution in [0.1, 0.15) is 12.5 Å². The van der Waals surface area contributed by atoms with E-state index in [9.17, 15) is 4.79 Å². The van der Waals surface area contributed by atoms with Crippen LogP contribution in [0.5, 0.6) is 11.5 Å². The summed E-state index contributed by atoms with van der Waals surface area (Å²) in [5.41, 5.74) is 5.82. The molecule has 8 heteroatoms. The van der Waals surface area contributed by atoms with Crippen LogP contribution in [0.25, 0.3) is 22.0 Å². The number of carboxylic acids is 1. The number of ether oxygens (including phenoxy) is 2. The Morgan fingerprint density at radius 1 is 1.09 bits per heavy atom. The Labute approximate surface area is 197 Å². The van der Waals surface area contributed by atoms with Gasteiger partial charge in [0.15, 0.2) is 17.3 Å². The van der Waals surface area contributed by atoms with Gasteiger partial charge in [-0.05, 0) is 66.9 Å². The van der Waals surface area contributed by atoms with Crippen LogP contribution in [0.15, 0.2) is 54.6 Å². The molecule has 1 aliphatic heterocycles. The first kappa shape index (κ1) is 21.6. The molecular formula is C26H26N4O4. The Morgan fingerprint density at radius 2 is 1.88 bits per heavy atom. The van der Waals surface area contributed by atoms with Crippen molar-refractivity contribution in [2.24, 2.45) is 7.05 Å². The lowest BCUT2D eigenvalue weighted by Crippen LogP contribution is -2.25. The summed E-state index contributed by atoms with van der Waals surface area (Å²) in [4.78, 5) is 11.2. The number of benzene rings is 3. The number of hydrogen-bond acceptors (Lipinski definition) is 6. The van der Waals surface area contributed by atoms with E-state index >= 15 is 0 Å². The summed E-state index contributed by atoms with van der Waals surface area (Å²) >= 11 is 0. The fraction of sp³-hybridized carbons (Fsp3) is 0.231. The van der Waals surface area contributed by atoms with Crippen LogP contribution in [-0.4, -0.2) is 40.1 Å². The zero-order valence-electron chi connectivity index (χ0n) is 19.3. The van der Waals surface area contributed by atoms with E-state index in [1.807, 2.05) is 55.6 Å². The van der Waals surface area contributed by atoms with Crippen LogP contribution in [-0.2, 0) is 11.8 Å². The zero-order chi connectivity index (χ0) is 23.8. The van der Waals surface area contributed by atoms with Crippen LogP contribution in [0.2, 0.25) is 0 Å². The summed E-state index contributed by atoms with van der Waals surface area (Å²) in [5.74, 6) is 1.37. The van der Waals surface area contributed by atoms with Gasteiger partial charge in [-0.2, -0.15) is 5.10 Å². The number of aliphatic carboxylic acids is 1. The minimum atomic E-state index is -0.902. The number of aryl methyl sites for hydroxylation is 1. The number of rotatable bonds is 6. The van der Waals surface area contributed by atoms with Crippen molar-refractivity contribution < 1.29 is 19.4 Å². The van der Waals surface area contributed by atoms with Crippen molar-refractivity contribution >= 4 is 34.1 Å². The molecule has 174 valence electrons. The maximum atomic E-state index is 11.2. The number of anilines is 3. The highest BCUT2D eigenvalue weighted by Crippen LogP contribution is 2.38. The van der Waals surface area contributed by atoms with Gasteiger partial charge >= 0.3 is 5.97 Å². The van der Waals surface area contributed by atoms with Gasteiger partial charge in [-0.25, -0.2) is 0 Å². The number of fused-ring (bicyclic) bond motifs is 2. The molecule has 8 nitrogen and oxygen atoms in total. The smallest absolute Gasteiger partial charge is 0.325 e. The second-order valence-electron chi connectivity index (χ2n) is 8.37. The highest BCUT2D eigenvalue weighted by atomic mass is 16.6. The minimum absolute atomic E-state index is 0.552. The van der Waals surface area contributed by atoms with Crippen molar-refractivity contribution in [2.45, 2.75) is 19.9 Å². The van der Waals surface area contributed by atoms with Gasteiger partial charge in [0.1, 0.15) is 19.3 Å². The highest BCUT2D eigenvalue weighted by molar-refractivity contribution is 5.95. The van der Waals surface area contributed by atoms with Crippen molar-refractivity contribution in [3.63, 3.8) is 0 Å². The lowest BCUT2D eigenvalue weighted by molar-refractivity contribution is -0.137. The lowest BCUT2D eigenvalue weighted by Gasteiger charge is -2.19. The third-order valence-corrected chi connectivity index (χ3v) is 6.05. The number of nitrogens with one attached hydrogen (secondary N) is 2. The van der Waals surface area contributed by atoms with E-state index in [1.165, 1.54) is 0 Å². The van der Waals surface area contributed by atoms with E-state index in [1.54, 1.807) is 11.6 Å². The Kier molecular flexibility index (Phi) is 5.49. The summed E-state index contributed by atoms with van der Waals surface area (Å²) in [6.07, 6.45) is 0. The van der Waals surface area contributed by atoms with E-state index < -0.39 is 12.0 Å². The molecule has 0 spiro atoms. The van der Waals surface area contributed by atoms with E-state index in [-0.39, 0.29) is 0 Å². The normalized spacial score (nSPS) is 13.5. The molecule has 3 aromatic carbocycles. The second kappa shape index (κ2) is 8.62.